The number of rotatable bonds is 12. The van der Waals surface area contributed by atoms with Crippen molar-refractivity contribution >= 4 is 34.9 Å². The first kappa shape index (κ1) is 38.5. The van der Waals surface area contributed by atoms with Crippen LogP contribution in [-0.2, 0) is 27.3 Å². The van der Waals surface area contributed by atoms with Gasteiger partial charge in [0.25, 0.3) is 11.5 Å². The highest BCUT2D eigenvalue weighted by molar-refractivity contribution is 6.34. The van der Waals surface area contributed by atoms with Gasteiger partial charge in [-0.2, -0.15) is 0 Å². The summed E-state index contributed by atoms with van der Waals surface area (Å²) >= 11 is 6.41. The number of halogens is 1. The molecule has 0 atom stereocenters. The fourth-order valence-corrected chi connectivity index (χ4v) is 7.98. The number of amides is 2. The third-order valence-corrected chi connectivity index (χ3v) is 11.1. The number of Topliss-reactive ketones (excluding diaryl/α,β-unsaturated/α-hetero) is 1. The summed E-state index contributed by atoms with van der Waals surface area (Å²) in [4.78, 5) is 56.1. The number of hydrogen-bond donors (Lipinski definition) is 0. The third kappa shape index (κ3) is 8.96. The first-order valence-electron chi connectivity index (χ1n) is 18.8. The summed E-state index contributed by atoms with van der Waals surface area (Å²) in [5.74, 6) is 1.10. The molecule has 0 bridgehead atoms. The fraction of sp³-hybridized carbons (Fsp3) is 0.512. The van der Waals surface area contributed by atoms with E-state index in [-0.39, 0.29) is 54.8 Å². The van der Waals surface area contributed by atoms with Gasteiger partial charge in [-0.1, -0.05) is 18.5 Å². The number of carbonyl (C=O) groups excluding carboxylic acids is 3. The number of piperidine rings is 3. The number of aryl methyl sites for hydroxylation is 2. The number of benzene rings is 2. The van der Waals surface area contributed by atoms with Crippen LogP contribution < -0.4 is 19.9 Å². The first-order chi connectivity index (χ1) is 25.6. The Balaban J connectivity index is 0.986. The highest BCUT2D eigenvalue weighted by Crippen LogP contribution is 2.36. The second kappa shape index (κ2) is 17.3. The Bertz CT molecular complexity index is 1850. The number of likely N-dealkylation sites (tertiary alicyclic amines) is 2. The Morgan fingerprint density at radius 1 is 0.849 bits per heavy atom. The molecule has 0 unspecified atom stereocenters. The van der Waals surface area contributed by atoms with Crippen LogP contribution in [0.5, 0.6) is 11.5 Å². The van der Waals surface area contributed by atoms with E-state index in [4.69, 9.17) is 25.8 Å². The summed E-state index contributed by atoms with van der Waals surface area (Å²) in [5.41, 5.74) is 4.66. The maximum absolute atomic E-state index is 13.4. The molecule has 0 spiro atoms. The number of carbonyl (C=O) groups is 3. The lowest BCUT2D eigenvalue weighted by Gasteiger charge is -2.37. The smallest absolute Gasteiger partial charge is 0.253 e. The van der Waals surface area contributed by atoms with Gasteiger partial charge in [0, 0.05) is 75.1 Å². The van der Waals surface area contributed by atoms with E-state index in [1.165, 1.54) is 4.90 Å². The molecular weight excluding hydrogens is 696 g/mol. The number of nitrogens with zero attached hydrogens (tertiary/aromatic N) is 4. The molecule has 11 nitrogen and oxygen atoms in total. The molecule has 3 aromatic rings. The molecule has 0 radical (unpaired) electrons. The second-order valence-electron chi connectivity index (χ2n) is 14.4. The zero-order chi connectivity index (χ0) is 37.6. The lowest BCUT2D eigenvalue weighted by atomic mass is 9.99. The number of pyridine rings is 1. The van der Waals surface area contributed by atoms with Crippen LogP contribution in [-0.4, -0.2) is 97.7 Å². The number of aromatic nitrogens is 1. The van der Waals surface area contributed by atoms with Crippen LogP contribution in [0.4, 0.5) is 5.69 Å². The summed E-state index contributed by atoms with van der Waals surface area (Å²) in [7, 11) is 3.37. The Morgan fingerprint density at radius 3 is 2.13 bits per heavy atom. The molecule has 3 aliphatic heterocycles. The molecule has 3 aliphatic rings. The standard InChI is InChI=1S/C41H51ClN4O7/c1-5-14-45-26-30(21-27(2)40(45)49)29-23-37(51-3)34(38(24-29)52-4)13-17-43-15-9-32(10-16-43)53-33-11-18-44(19-12-33)41(50)28-6-7-35(42)36(22-28)46-20-8-31(47)25-39(46)48/h6-7,21-24,26,32-33H,5,8-20,25H2,1-4H3. The maximum atomic E-state index is 13.4. The molecule has 6 rings (SSSR count). The Hall–Kier alpha value is -4.19. The fourth-order valence-electron chi connectivity index (χ4n) is 7.76. The molecule has 3 fully saturated rings. The van der Waals surface area contributed by atoms with Crippen LogP contribution in [0, 0.1) is 6.92 Å². The van der Waals surface area contributed by atoms with Gasteiger partial charge < -0.3 is 33.5 Å². The zero-order valence-corrected chi connectivity index (χ0v) is 32.1. The largest absolute Gasteiger partial charge is 0.496 e. The van der Waals surface area contributed by atoms with Crippen LogP contribution in [0.15, 0.2) is 47.4 Å². The number of anilines is 1. The molecular formula is C41H51ClN4O7. The van der Waals surface area contributed by atoms with Crippen molar-refractivity contribution in [3.63, 3.8) is 0 Å². The Labute approximate surface area is 316 Å². The predicted molar refractivity (Wildman–Crippen MR) is 205 cm³/mol. The van der Waals surface area contributed by atoms with E-state index in [0.717, 1.165) is 86.3 Å². The lowest BCUT2D eigenvalue weighted by Crippen LogP contribution is -2.44. The van der Waals surface area contributed by atoms with Crippen molar-refractivity contribution in [1.82, 2.24) is 14.4 Å². The van der Waals surface area contributed by atoms with Gasteiger partial charge in [-0.15, -0.1) is 0 Å². The summed E-state index contributed by atoms with van der Waals surface area (Å²) in [6, 6.07) is 11.0. The minimum Gasteiger partial charge on any atom is -0.496 e. The van der Waals surface area contributed by atoms with Crippen molar-refractivity contribution in [1.29, 1.82) is 0 Å². The van der Waals surface area contributed by atoms with Gasteiger partial charge in [-0.25, -0.2) is 0 Å². The molecule has 4 heterocycles. The summed E-state index contributed by atoms with van der Waals surface area (Å²) in [6.45, 7) is 8.81. The molecule has 284 valence electrons. The molecule has 0 N–H and O–H groups in total. The molecule has 1 aromatic heterocycles. The molecule has 3 saturated heterocycles. The van der Waals surface area contributed by atoms with Gasteiger partial charge >= 0.3 is 0 Å². The predicted octanol–water partition coefficient (Wildman–Crippen LogP) is 5.93. The number of hydrogen-bond acceptors (Lipinski definition) is 8. The summed E-state index contributed by atoms with van der Waals surface area (Å²) in [6.07, 6.45) is 7.47. The van der Waals surface area contributed by atoms with Crippen LogP contribution in [0.2, 0.25) is 5.02 Å². The molecule has 2 aromatic carbocycles. The van der Waals surface area contributed by atoms with Crippen molar-refractivity contribution in [2.75, 3.05) is 58.4 Å². The number of ether oxygens (including phenoxy) is 3. The van der Waals surface area contributed by atoms with E-state index in [2.05, 4.69) is 11.8 Å². The highest BCUT2D eigenvalue weighted by atomic mass is 35.5. The Morgan fingerprint density at radius 2 is 1.51 bits per heavy atom. The van der Waals surface area contributed by atoms with Crippen LogP contribution in [0.3, 0.4) is 0 Å². The van der Waals surface area contributed by atoms with Gasteiger partial charge in [0.15, 0.2) is 0 Å². The van der Waals surface area contributed by atoms with Gasteiger partial charge in [0.2, 0.25) is 5.91 Å². The second-order valence-corrected chi connectivity index (χ2v) is 14.8. The monoisotopic (exact) mass is 746 g/mol. The van der Waals surface area contributed by atoms with Crippen LogP contribution >= 0.6 is 11.6 Å². The molecule has 0 saturated carbocycles. The normalized spacial score (nSPS) is 17.8. The first-order valence-corrected chi connectivity index (χ1v) is 19.2. The van der Waals surface area contributed by atoms with E-state index < -0.39 is 0 Å². The average Bonchev–Trinajstić information content (AvgIpc) is 3.16. The Kier molecular flexibility index (Phi) is 12.6. The van der Waals surface area contributed by atoms with Crippen LogP contribution in [0.25, 0.3) is 11.1 Å². The summed E-state index contributed by atoms with van der Waals surface area (Å²) < 4.78 is 20.1. The van der Waals surface area contributed by atoms with Crippen molar-refractivity contribution in [2.45, 2.75) is 84.0 Å². The van der Waals surface area contributed by atoms with Crippen molar-refractivity contribution in [3.05, 3.63) is 74.7 Å². The van der Waals surface area contributed by atoms with Gasteiger partial charge in [0.05, 0.1) is 43.6 Å². The molecule has 53 heavy (non-hydrogen) atoms. The van der Waals surface area contributed by atoms with E-state index in [1.54, 1.807) is 37.0 Å². The lowest BCUT2D eigenvalue weighted by molar-refractivity contribution is -0.128. The third-order valence-electron chi connectivity index (χ3n) is 10.7. The van der Waals surface area contributed by atoms with E-state index in [9.17, 15) is 19.2 Å². The quantitative estimate of drug-likeness (QED) is 0.210. The van der Waals surface area contributed by atoms with Crippen molar-refractivity contribution in [3.8, 4) is 22.6 Å². The van der Waals surface area contributed by atoms with Crippen molar-refractivity contribution < 1.29 is 28.6 Å². The van der Waals surface area contributed by atoms with E-state index in [0.29, 0.717) is 41.5 Å². The zero-order valence-electron chi connectivity index (χ0n) is 31.3. The van der Waals surface area contributed by atoms with Crippen LogP contribution in [0.1, 0.15) is 73.4 Å². The number of ketones is 1. The van der Waals surface area contributed by atoms with Gasteiger partial charge in [-0.3, -0.25) is 19.2 Å². The average molecular weight is 747 g/mol. The van der Waals surface area contributed by atoms with E-state index in [1.807, 2.05) is 36.2 Å². The minimum atomic E-state index is -0.289. The minimum absolute atomic E-state index is 0.0393. The molecule has 0 aliphatic carbocycles. The molecule has 2 amide bonds. The van der Waals surface area contributed by atoms with Crippen molar-refractivity contribution in [2.24, 2.45) is 0 Å². The molecule has 12 heteroatoms. The van der Waals surface area contributed by atoms with Gasteiger partial charge in [-0.05, 0) is 93.0 Å². The van der Waals surface area contributed by atoms with E-state index >= 15 is 0 Å². The summed E-state index contributed by atoms with van der Waals surface area (Å²) in [5, 5.41) is 0.385. The maximum Gasteiger partial charge on any atom is 0.253 e. The SMILES string of the molecule is CCCn1cc(-c2cc(OC)c(CCN3CCC(OC4CCN(C(=O)c5ccc(Cl)c(N6CCC(=O)CC6=O)c5)CC4)CC3)c(OC)c2)cc(C)c1=O. The highest BCUT2D eigenvalue weighted by Gasteiger charge is 2.30. The number of methoxy groups -OCH3 is 2. The van der Waals surface area contributed by atoms with Gasteiger partial charge in [0.1, 0.15) is 17.3 Å². The topological polar surface area (TPSA) is 111 Å².